The highest BCUT2D eigenvalue weighted by Gasteiger charge is 2.20. The van der Waals surface area contributed by atoms with Crippen LogP contribution in [-0.2, 0) is 0 Å². The standard InChI is InChI=1S/C15H15ClN2S/c1-10-8-13(15(16)17-9-10)18-12-6-7-19-14-5-3-2-4-11(12)14/h2-5,8-9,12,18H,6-7H2,1H3. The average Bonchev–Trinajstić information content (AvgIpc) is 2.43. The van der Waals surface area contributed by atoms with Gasteiger partial charge in [-0.25, -0.2) is 4.98 Å². The van der Waals surface area contributed by atoms with Gasteiger partial charge in [0.1, 0.15) is 0 Å². The molecule has 1 unspecified atom stereocenters. The number of aromatic nitrogens is 1. The van der Waals surface area contributed by atoms with E-state index < -0.39 is 0 Å². The smallest absolute Gasteiger partial charge is 0.152 e. The highest BCUT2D eigenvalue weighted by atomic mass is 35.5. The van der Waals surface area contributed by atoms with Gasteiger partial charge in [0.2, 0.25) is 0 Å². The van der Waals surface area contributed by atoms with Crippen molar-refractivity contribution in [2.24, 2.45) is 0 Å². The van der Waals surface area contributed by atoms with Gasteiger partial charge in [-0.15, -0.1) is 11.8 Å². The third-order valence-electron chi connectivity index (χ3n) is 3.26. The molecule has 0 amide bonds. The van der Waals surface area contributed by atoms with Crippen molar-refractivity contribution in [3.63, 3.8) is 0 Å². The molecule has 4 heteroatoms. The summed E-state index contributed by atoms with van der Waals surface area (Å²) in [4.78, 5) is 5.56. The second kappa shape index (κ2) is 5.43. The van der Waals surface area contributed by atoms with E-state index in [0.29, 0.717) is 11.2 Å². The highest BCUT2D eigenvalue weighted by Crippen LogP contribution is 2.38. The van der Waals surface area contributed by atoms with Crippen LogP contribution in [0.5, 0.6) is 0 Å². The zero-order valence-corrected chi connectivity index (χ0v) is 12.3. The van der Waals surface area contributed by atoms with E-state index in [0.717, 1.165) is 23.4 Å². The van der Waals surface area contributed by atoms with Gasteiger partial charge in [-0.3, -0.25) is 0 Å². The summed E-state index contributed by atoms with van der Waals surface area (Å²) < 4.78 is 0. The number of benzene rings is 1. The molecule has 1 atom stereocenters. The maximum absolute atomic E-state index is 6.16. The van der Waals surface area contributed by atoms with Gasteiger partial charge < -0.3 is 5.32 Å². The van der Waals surface area contributed by atoms with Crippen LogP contribution >= 0.6 is 23.4 Å². The van der Waals surface area contributed by atoms with Crippen molar-refractivity contribution in [2.75, 3.05) is 11.1 Å². The van der Waals surface area contributed by atoms with Crippen molar-refractivity contribution >= 4 is 29.1 Å². The lowest BCUT2D eigenvalue weighted by atomic mass is 10.0. The fourth-order valence-electron chi connectivity index (χ4n) is 2.33. The van der Waals surface area contributed by atoms with Crippen LogP contribution in [0.3, 0.4) is 0 Å². The third kappa shape index (κ3) is 2.72. The number of pyridine rings is 1. The number of anilines is 1. The van der Waals surface area contributed by atoms with Crippen LogP contribution in [0, 0.1) is 6.92 Å². The third-order valence-corrected chi connectivity index (χ3v) is 4.69. The molecule has 2 aromatic rings. The number of hydrogen-bond donors (Lipinski definition) is 1. The number of thioether (sulfide) groups is 1. The molecule has 0 saturated heterocycles. The van der Waals surface area contributed by atoms with Crippen LogP contribution in [0.4, 0.5) is 5.69 Å². The van der Waals surface area contributed by atoms with Gasteiger partial charge in [-0.1, -0.05) is 29.8 Å². The summed E-state index contributed by atoms with van der Waals surface area (Å²) in [5, 5.41) is 4.08. The molecule has 98 valence electrons. The summed E-state index contributed by atoms with van der Waals surface area (Å²) in [6, 6.07) is 10.9. The molecule has 2 heterocycles. The van der Waals surface area contributed by atoms with Gasteiger partial charge in [0, 0.05) is 16.8 Å². The molecule has 0 radical (unpaired) electrons. The molecule has 1 aromatic carbocycles. The zero-order valence-electron chi connectivity index (χ0n) is 10.7. The van der Waals surface area contributed by atoms with Gasteiger partial charge in [0.15, 0.2) is 5.15 Å². The van der Waals surface area contributed by atoms with Gasteiger partial charge in [-0.05, 0) is 36.6 Å². The number of rotatable bonds is 2. The average molecular weight is 291 g/mol. The van der Waals surface area contributed by atoms with Crippen LogP contribution < -0.4 is 5.32 Å². The number of aryl methyl sites for hydroxylation is 1. The molecule has 1 aliphatic rings. The van der Waals surface area contributed by atoms with Crippen molar-refractivity contribution in [2.45, 2.75) is 24.3 Å². The molecule has 0 saturated carbocycles. The first kappa shape index (κ1) is 12.8. The maximum Gasteiger partial charge on any atom is 0.152 e. The Labute approximate surface area is 122 Å². The van der Waals surface area contributed by atoms with Gasteiger partial charge in [0.25, 0.3) is 0 Å². The molecular formula is C15H15ClN2S. The fraction of sp³-hybridized carbons (Fsp3) is 0.267. The van der Waals surface area contributed by atoms with E-state index >= 15 is 0 Å². The second-order valence-electron chi connectivity index (χ2n) is 4.72. The Morgan fingerprint density at radius 1 is 1.37 bits per heavy atom. The van der Waals surface area contributed by atoms with Gasteiger partial charge in [-0.2, -0.15) is 0 Å². The topological polar surface area (TPSA) is 24.9 Å². The molecule has 0 aliphatic carbocycles. The number of nitrogens with zero attached hydrogens (tertiary/aromatic N) is 1. The van der Waals surface area contributed by atoms with Crippen LogP contribution in [0.15, 0.2) is 41.4 Å². The molecule has 0 bridgehead atoms. The van der Waals surface area contributed by atoms with Crippen molar-refractivity contribution in [1.82, 2.24) is 4.98 Å². The Balaban J connectivity index is 1.90. The number of nitrogens with one attached hydrogen (secondary N) is 1. The summed E-state index contributed by atoms with van der Waals surface area (Å²) in [7, 11) is 0. The lowest BCUT2D eigenvalue weighted by molar-refractivity contribution is 0.728. The summed E-state index contributed by atoms with van der Waals surface area (Å²) in [5.41, 5.74) is 3.40. The molecule has 0 fully saturated rings. The Bertz CT molecular complexity index is 600. The Morgan fingerprint density at radius 2 is 2.21 bits per heavy atom. The van der Waals surface area contributed by atoms with Crippen molar-refractivity contribution in [3.8, 4) is 0 Å². The first-order chi connectivity index (χ1) is 9.24. The summed E-state index contributed by atoms with van der Waals surface area (Å²) in [5.74, 6) is 1.13. The van der Waals surface area contributed by atoms with E-state index in [-0.39, 0.29) is 0 Å². The molecule has 1 aliphatic heterocycles. The Kier molecular flexibility index (Phi) is 3.67. The van der Waals surface area contributed by atoms with Crippen LogP contribution in [0.25, 0.3) is 0 Å². The van der Waals surface area contributed by atoms with E-state index in [2.05, 4.69) is 40.6 Å². The fourth-order valence-corrected chi connectivity index (χ4v) is 3.62. The first-order valence-corrected chi connectivity index (χ1v) is 7.71. The summed E-state index contributed by atoms with van der Waals surface area (Å²) in [6.07, 6.45) is 2.89. The minimum absolute atomic E-state index is 0.318. The van der Waals surface area contributed by atoms with E-state index in [1.807, 2.05) is 18.7 Å². The molecule has 19 heavy (non-hydrogen) atoms. The van der Waals surface area contributed by atoms with E-state index in [4.69, 9.17) is 11.6 Å². The number of halogens is 1. The van der Waals surface area contributed by atoms with Crippen LogP contribution in [0.2, 0.25) is 5.15 Å². The SMILES string of the molecule is Cc1cnc(Cl)c(NC2CCSc3ccccc32)c1. The second-order valence-corrected chi connectivity index (χ2v) is 6.22. The van der Waals surface area contributed by atoms with Gasteiger partial charge in [0.05, 0.1) is 11.7 Å². The van der Waals surface area contributed by atoms with Crippen LogP contribution in [0.1, 0.15) is 23.6 Å². The number of fused-ring (bicyclic) bond motifs is 1. The monoisotopic (exact) mass is 290 g/mol. The van der Waals surface area contributed by atoms with Crippen LogP contribution in [-0.4, -0.2) is 10.7 Å². The largest absolute Gasteiger partial charge is 0.376 e. The molecule has 1 N–H and O–H groups in total. The minimum Gasteiger partial charge on any atom is -0.376 e. The number of hydrogen-bond acceptors (Lipinski definition) is 3. The highest BCUT2D eigenvalue weighted by molar-refractivity contribution is 7.99. The van der Waals surface area contributed by atoms with E-state index in [9.17, 15) is 0 Å². The quantitative estimate of drug-likeness (QED) is 0.812. The molecule has 3 rings (SSSR count). The van der Waals surface area contributed by atoms with Crippen molar-refractivity contribution in [1.29, 1.82) is 0 Å². The predicted octanol–water partition coefficient (Wildman–Crippen LogP) is 4.69. The van der Waals surface area contributed by atoms with Gasteiger partial charge >= 0.3 is 0 Å². The predicted molar refractivity (Wildman–Crippen MR) is 82.1 cm³/mol. The first-order valence-electron chi connectivity index (χ1n) is 6.34. The summed E-state index contributed by atoms with van der Waals surface area (Å²) >= 11 is 8.09. The maximum atomic E-state index is 6.16. The van der Waals surface area contributed by atoms with Crippen molar-refractivity contribution < 1.29 is 0 Å². The lowest BCUT2D eigenvalue weighted by Crippen LogP contribution is -2.16. The van der Waals surface area contributed by atoms with E-state index in [1.165, 1.54) is 10.5 Å². The molecule has 0 spiro atoms. The normalized spacial score (nSPS) is 17.9. The molecule has 1 aromatic heterocycles. The zero-order chi connectivity index (χ0) is 13.2. The molecular weight excluding hydrogens is 276 g/mol. The Hall–Kier alpha value is -1.19. The van der Waals surface area contributed by atoms with Crippen molar-refractivity contribution in [3.05, 3.63) is 52.8 Å². The minimum atomic E-state index is 0.318. The van der Waals surface area contributed by atoms with E-state index in [1.54, 1.807) is 6.20 Å². The lowest BCUT2D eigenvalue weighted by Gasteiger charge is -2.27. The molecule has 2 nitrogen and oxygen atoms in total. The Morgan fingerprint density at radius 3 is 3.11 bits per heavy atom. The summed E-state index contributed by atoms with van der Waals surface area (Å²) in [6.45, 7) is 2.03.